The number of carbonyl (C=O) groups is 1. The molecule has 4 nitrogen and oxygen atoms in total. The number of nitrogens with zero attached hydrogens (tertiary/aromatic N) is 2. The third-order valence-corrected chi connectivity index (χ3v) is 6.39. The third kappa shape index (κ3) is 2.72. The van der Waals surface area contributed by atoms with E-state index in [9.17, 15) is 4.79 Å². The Morgan fingerprint density at radius 3 is 2.75 bits per heavy atom. The lowest BCUT2D eigenvalue weighted by Crippen LogP contribution is -2.34. The molecule has 1 fully saturated rings. The van der Waals surface area contributed by atoms with Crippen molar-refractivity contribution in [3.63, 3.8) is 0 Å². The number of hydrogen-bond acceptors (Lipinski definition) is 4. The molecule has 0 spiro atoms. The molecule has 2 aliphatic heterocycles. The molecule has 130 valence electrons. The predicted octanol–water partition coefficient (Wildman–Crippen LogP) is 3.61. The Morgan fingerprint density at radius 2 is 2.04 bits per heavy atom. The number of thioether (sulfide) groups is 1. The number of ketones is 1. The van der Waals surface area contributed by atoms with E-state index >= 15 is 0 Å². The molecule has 1 aromatic heterocycles. The number of aromatic nitrogens is 1. The van der Waals surface area contributed by atoms with Gasteiger partial charge in [-0.3, -0.25) is 4.79 Å². The number of carbonyl (C=O) groups excluding carboxylic acids is 1. The lowest BCUT2D eigenvalue weighted by atomic mass is 9.97. The van der Waals surface area contributed by atoms with Crippen LogP contribution in [-0.2, 0) is 7.05 Å². The van der Waals surface area contributed by atoms with Crippen LogP contribution < -0.4 is 4.74 Å². The van der Waals surface area contributed by atoms with E-state index < -0.39 is 0 Å². The second-order valence-corrected chi connectivity index (χ2v) is 7.48. The van der Waals surface area contributed by atoms with Crippen LogP contribution in [0.1, 0.15) is 23.2 Å². The van der Waals surface area contributed by atoms with Gasteiger partial charge in [0, 0.05) is 25.3 Å². The Morgan fingerprint density at radius 1 is 1.29 bits per heavy atom. The van der Waals surface area contributed by atoms with Gasteiger partial charge in [0.1, 0.15) is 5.75 Å². The summed E-state index contributed by atoms with van der Waals surface area (Å²) in [5.74, 6) is 2.08. The molecule has 1 unspecified atom stereocenters. The number of Topliss-reactive ketones (excluding diaryl/α,β-unsaturated/α-hetero) is 1. The zero-order chi connectivity index (χ0) is 16.0. The van der Waals surface area contributed by atoms with Crippen LogP contribution in [0.5, 0.6) is 5.75 Å². The lowest BCUT2D eigenvalue weighted by Gasteiger charge is -2.26. The Bertz CT molecular complexity index is 768. The van der Waals surface area contributed by atoms with Crippen molar-refractivity contribution in [2.24, 2.45) is 13.0 Å². The first-order chi connectivity index (χ1) is 11.2. The molecule has 24 heavy (non-hydrogen) atoms. The van der Waals surface area contributed by atoms with Gasteiger partial charge in [0.2, 0.25) is 0 Å². The quantitative estimate of drug-likeness (QED) is 0.831. The highest BCUT2D eigenvalue weighted by atomic mass is 35.5. The fraction of sp³-hybridized carbons (Fsp3) is 0.500. The van der Waals surface area contributed by atoms with Crippen LogP contribution in [0, 0.1) is 5.92 Å². The smallest absolute Gasteiger partial charge is 0.171 e. The zero-order valence-corrected chi connectivity index (χ0v) is 15.7. The number of benzene rings is 1. The van der Waals surface area contributed by atoms with Gasteiger partial charge in [-0.25, -0.2) is 0 Å². The Balaban J connectivity index is 0.00000169. The van der Waals surface area contributed by atoms with E-state index in [1.54, 1.807) is 7.11 Å². The maximum absolute atomic E-state index is 13.2. The zero-order valence-electron chi connectivity index (χ0n) is 14.1. The highest BCUT2D eigenvalue weighted by molar-refractivity contribution is 7.99. The van der Waals surface area contributed by atoms with Gasteiger partial charge in [0.15, 0.2) is 5.78 Å². The molecule has 0 N–H and O–H groups in total. The van der Waals surface area contributed by atoms with Crippen molar-refractivity contribution in [3.05, 3.63) is 23.8 Å². The molecular formula is C18H23ClN2O2S. The maximum atomic E-state index is 13.2. The maximum Gasteiger partial charge on any atom is 0.171 e. The van der Waals surface area contributed by atoms with Crippen molar-refractivity contribution in [1.82, 2.24) is 9.47 Å². The van der Waals surface area contributed by atoms with Crippen molar-refractivity contribution in [3.8, 4) is 5.75 Å². The predicted molar refractivity (Wildman–Crippen MR) is 101 cm³/mol. The Hall–Kier alpha value is -1.17. The number of likely N-dealkylation sites (tertiary alicyclic amines) is 1. The lowest BCUT2D eigenvalue weighted by molar-refractivity contribution is 0.0901. The molecule has 6 heteroatoms. The van der Waals surface area contributed by atoms with E-state index in [-0.39, 0.29) is 18.3 Å². The van der Waals surface area contributed by atoms with E-state index in [1.165, 1.54) is 12.8 Å². The fourth-order valence-electron chi connectivity index (χ4n) is 3.87. The monoisotopic (exact) mass is 366 g/mol. The summed E-state index contributed by atoms with van der Waals surface area (Å²) >= 11 is 1.82. The molecule has 0 amide bonds. The normalized spacial score (nSPS) is 20.9. The molecule has 0 bridgehead atoms. The Labute approximate surface area is 152 Å². The summed E-state index contributed by atoms with van der Waals surface area (Å²) in [7, 11) is 3.72. The first-order valence-electron chi connectivity index (χ1n) is 8.25. The number of rotatable bonds is 3. The van der Waals surface area contributed by atoms with Crippen LogP contribution in [0.3, 0.4) is 0 Å². The van der Waals surface area contributed by atoms with Crippen molar-refractivity contribution >= 4 is 40.9 Å². The minimum atomic E-state index is 0. The van der Waals surface area contributed by atoms with E-state index in [1.807, 2.05) is 30.9 Å². The average Bonchev–Trinajstić information content (AvgIpc) is 3.17. The summed E-state index contributed by atoms with van der Waals surface area (Å²) < 4.78 is 7.68. The molecule has 2 aliphatic rings. The summed E-state index contributed by atoms with van der Waals surface area (Å²) in [5.41, 5.74) is 1.96. The van der Waals surface area contributed by atoms with Gasteiger partial charge in [0.25, 0.3) is 0 Å². The van der Waals surface area contributed by atoms with Gasteiger partial charge >= 0.3 is 0 Å². The first kappa shape index (κ1) is 17.6. The summed E-state index contributed by atoms with van der Waals surface area (Å²) in [4.78, 5) is 15.6. The summed E-state index contributed by atoms with van der Waals surface area (Å²) in [6.07, 6.45) is 2.53. The number of ether oxygens (including phenoxy) is 1. The van der Waals surface area contributed by atoms with Gasteiger partial charge < -0.3 is 14.2 Å². The molecule has 3 heterocycles. The van der Waals surface area contributed by atoms with Gasteiger partial charge in [0.05, 0.1) is 28.6 Å². The van der Waals surface area contributed by atoms with Gasteiger partial charge in [-0.05, 0) is 38.1 Å². The molecule has 4 rings (SSSR count). The molecule has 0 saturated carbocycles. The number of hydrogen-bond donors (Lipinski definition) is 0. The molecule has 0 radical (unpaired) electrons. The van der Waals surface area contributed by atoms with Gasteiger partial charge in [-0.1, -0.05) is 6.07 Å². The van der Waals surface area contributed by atoms with Crippen LogP contribution in [-0.4, -0.2) is 47.7 Å². The van der Waals surface area contributed by atoms with Crippen molar-refractivity contribution < 1.29 is 9.53 Å². The molecule has 1 aromatic carbocycles. The van der Waals surface area contributed by atoms with E-state index in [0.29, 0.717) is 5.78 Å². The van der Waals surface area contributed by atoms with Crippen LogP contribution in [0.15, 0.2) is 23.2 Å². The second-order valence-electron chi connectivity index (χ2n) is 6.47. The first-order valence-corrected chi connectivity index (χ1v) is 9.24. The molecule has 1 atom stereocenters. The van der Waals surface area contributed by atoms with E-state index in [4.69, 9.17) is 4.74 Å². The van der Waals surface area contributed by atoms with Crippen LogP contribution in [0.2, 0.25) is 0 Å². The van der Waals surface area contributed by atoms with Gasteiger partial charge in [-0.2, -0.15) is 0 Å². The minimum Gasteiger partial charge on any atom is -0.496 e. The van der Waals surface area contributed by atoms with Crippen LogP contribution >= 0.6 is 24.2 Å². The van der Waals surface area contributed by atoms with E-state index in [2.05, 4.69) is 15.5 Å². The van der Waals surface area contributed by atoms with Crippen molar-refractivity contribution in [1.29, 1.82) is 0 Å². The second kappa shape index (κ2) is 6.98. The SMILES string of the molecule is COc1cccc2c1c1c(n2C)SCC(CN2CCCC2)C1=O.Cl. The van der Waals surface area contributed by atoms with Crippen molar-refractivity contribution in [2.75, 3.05) is 32.5 Å². The average molecular weight is 367 g/mol. The molecular weight excluding hydrogens is 344 g/mol. The highest BCUT2D eigenvalue weighted by Gasteiger charge is 2.35. The standard InChI is InChI=1S/C18H22N2O2S.ClH/c1-19-13-6-5-7-14(22-2)15(13)16-17(21)12(11-23-18(16)19)10-20-8-3-4-9-20;/h5-7,12H,3-4,8-11H2,1-2H3;1H. The largest absolute Gasteiger partial charge is 0.496 e. The fourth-order valence-corrected chi connectivity index (χ4v) is 5.13. The summed E-state index contributed by atoms with van der Waals surface area (Å²) in [6.45, 7) is 3.18. The molecule has 1 saturated heterocycles. The van der Waals surface area contributed by atoms with Crippen LogP contribution in [0.25, 0.3) is 10.9 Å². The molecule has 0 aliphatic carbocycles. The highest BCUT2D eigenvalue weighted by Crippen LogP contribution is 2.42. The van der Waals surface area contributed by atoms with E-state index in [0.717, 1.165) is 52.6 Å². The number of methoxy groups -OCH3 is 1. The minimum absolute atomic E-state index is 0. The summed E-state index contributed by atoms with van der Waals surface area (Å²) in [6, 6.07) is 6.01. The van der Waals surface area contributed by atoms with Crippen molar-refractivity contribution in [2.45, 2.75) is 17.9 Å². The third-order valence-electron chi connectivity index (χ3n) is 5.07. The topological polar surface area (TPSA) is 34.5 Å². The number of aryl methyl sites for hydroxylation is 1. The Kier molecular flexibility index (Phi) is 5.13. The van der Waals surface area contributed by atoms with Crippen LogP contribution in [0.4, 0.5) is 0 Å². The molecule has 2 aromatic rings. The summed E-state index contributed by atoms with van der Waals surface area (Å²) in [5, 5.41) is 2.07. The van der Waals surface area contributed by atoms with Gasteiger partial charge in [-0.15, -0.1) is 24.2 Å². The number of fused-ring (bicyclic) bond motifs is 3. The number of halogens is 1.